The second-order valence-electron chi connectivity index (χ2n) is 8.74. The molecule has 0 bridgehead atoms. The maximum Gasteiger partial charge on any atom is 0.0784 e. The highest BCUT2D eigenvalue weighted by molar-refractivity contribution is 4.50. The van der Waals surface area contributed by atoms with Crippen LogP contribution in [-0.2, 0) is 0 Å². The summed E-state index contributed by atoms with van der Waals surface area (Å²) in [6.45, 7) is 11.2. The summed E-state index contributed by atoms with van der Waals surface area (Å²) in [5, 5.41) is 0. The van der Waals surface area contributed by atoms with Crippen LogP contribution in [0.5, 0.6) is 0 Å². The first kappa shape index (κ1) is 25.0. The number of rotatable bonds is 20. The van der Waals surface area contributed by atoms with Gasteiger partial charge in [0.25, 0.3) is 0 Å². The molecule has 25 heavy (non-hydrogen) atoms. The lowest BCUT2D eigenvalue weighted by atomic mass is 10.1. The predicted molar refractivity (Wildman–Crippen MR) is 116 cm³/mol. The molecule has 0 spiro atoms. The lowest BCUT2D eigenvalue weighted by Crippen LogP contribution is -2.46. The van der Waals surface area contributed by atoms with Gasteiger partial charge in [-0.05, 0) is 32.1 Å². The maximum absolute atomic E-state index is 2.52. The van der Waals surface area contributed by atoms with E-state index in [1.165, 1.54) is 133 Å². The van der Waals surface area contributed by atoms with Crippen molar-refractivity contribution in [2.75, 3.05) is 26.7 Å². The molecule has 0 unspecified atom stereocenters. The summed E-state index contributed by atoms with van der Waals surface area (Å²) in [4.78, 5) is 0. The van der Waals surface area contributed by atoms with Crippen LogP contribution in [0.3, 0.4) is 0 Å². The molecule has 0 aliphatic heterocycles. The van der Waals surface area contributed by atoms with Crippen molar-refractivity contribution < 1.29 is 4.48 Å². The fourth-order valence-corrected chi connectivity index (χ4v) is 4.13. The molecule has 0 aliphatic carbocycles. The van der Waals surface area contributed by atoms with Gasteiger partial charge in [-0.15, -0.1) is 0 Å². The van der Waals surface area contributed by atoms with Crippen molar-refractivity contribution >= 4 is 0 Å². The largest absolute Gasteiger partial charge is 0.326 e. The van der Waals surface area contributed by atoms with E-state index in [0.717, 1.165) is 0 Å². The molecule has 0 aromatic carbocycles. The molecule has 152 valence electrons. The lowest BCUT2D eigenvalue weighted by Gasteiger charge is -2.34. The zero-order valence-corrected chi connectivity index (χ0v) is 18.6. The summed E-state index contributed by atoms with van der Waals surface area (Å²) >= 11 is 0. The Morgan fingerprint density at radius 3 is 1.00 bits per heavy atom. The van der Waals surface area contributed by atoms with Gasteiger partial charge in [0.2, 0.25) is 0 Å². The van der Waals surface area contributed by atoms with Crippen LogP contribution in [0.25, 0.3) is 0 Å². The maximum atomic E-state index is 2.52. The lowest BCUT2D eigenvalue weighted by molar-refractivity contribution is -0.910. The predicted octanol–water partition coefficient (Wildman–Crippen LogP) is 8.12. The van der Waals surface area contributed by atoms with Crippen LogP contribution in [0.4, 0.5) is 0 Å². The number of hydrogen-bond donors (Lipinski definition) is 0. The average molecular weight is 355 g/mol. The Morgan fingerprint density at radius 2 is 0.680 bits per heavy atom. The van der Waals surface area contributed by atoms with Crippen LogP contribution in [0, 0.1) is 0 Å². The number of hydrogen-bond acceptors (Lipinski definition) is 0. The van der Waals surface area contributed by atoms with E-state index in [0.29, 0.717) is 0 Å². The van der Waals surface area contributed by atoms with Crippen molar-refractivity contribution in [1.82, 2.24) is 0 Å². The summed E-state index contributed by atoms with van der Waals surface area (Å²) in [5.74, 6) is 0. The first-order chi connectivity index (χ1) is 12.2. The van der Waals surface area contributed by atoms with E-state index in [4.69, 9.17) is 0 Å². The summed E-state index contributed by atoms with van der Waals surface area (Å²) < 4.78 is 1.34. The van der Waals surface area contributed by atoms with Crippen molar-refractivity contribution in [3.05, 3.63) is 0 Å². The number of unbranched alkanes of at least 4 members (excludes halogenated alkanes) is 14. The smallest absolute Gasteiger partial charge is 0.0784 e. The molecular formula is C24H52N+. The van der Waals surface area contributed by atoms with Gasteiger partial charge in [-0.25, -0.2) is 0 Å². The van der Waals surface area contributed by atoms with Crippen molar-refractivity contribution in [3.63, 3.8) is 0 Å². The molecule has 0 heterocycles. The first-order valence-electron chi connectivity index (χ1n) is 12.0. The normalized spacial score (nSPS) is 12.0. The zero-order valence-electron chi connectivity index (χ0n) is 18.6. The van der Waals surface area contributed by atoms with Gasteiger partial charge in [0.15, 0.2) is 0 Å². The van der Waals surface area contributed by atoms with E-state index < -0.39 is 0 Å². The third-order valence-electron chi connectivity index (χ3n) is 5.87. The molecule has 0 saturated carbocycles. The molecule has 1 heteroatoms. The minimum Gasteiger partial charge on any atom is -0.326 e. The Bertz CT molecular complexity index is 228. The van der Waals surface area contributed by atoms with E-state index in [-0.39, 0.29) is 0 Å². The topological polar surface area (TPSA) is 0 Å². The summed E-state index contributed by atoms with van der Waals surface area (Å²) in [6, 6.07) is 0. The molecule has 1 nitrogen and oxygen atoms in total. The molecule has 0 saturated heterocycles. The minimum absolute atomic E-state index is 1.34. The molecule has 0 atom stereocenters. The zero-order chi connectivity index (χ0) is 18.6. The average Bonchev–Trinajstić information content (AvgIpc) is 2.60. The quantitative estimate of drug-likeness (QED) is 0.153. The Labute approximate surface area is 161 Å². The van der Waals surface area contributed by atoms with Crippen molar-refractivity contribution in [1.29, 1.82) is 0 Å². The fourth-order valence-electron chi connectivity index (χ4n) is 4.13. The van der Waals surface area contributed by atoms with Gasteiger partial charge in [0.05, 0.1) is 26.7 Å². The van der Waals surface area contributed by atoms with E-state index >= 15 is 0 Å². The second kappa shape index (κ2) is 18.7. The third-order valence-corrected chi connectivity index (χ3v) is 5.87. The Hall–Kier alpha value is -0.0400. The van der Waals surface area contributed by atoms with Gasteiger partial charge in [-0.2, -0.15) is 0 Å². The molecule has 0 radical (unpaired) electrons. The standard InChI is InChI=1S/C24H52N/c1-5-8-10-12-14-16-18-20-23-25(4,22-7-3)24-21-19-17-15-13-11-9-6-2/h5-24H2,1-4H3/q+1. The number of quaternary nitrogens is 1. The molecule has 0 amide bonds. The molecule has 0 aromatic rings. The van der Waals surface area contributed by atoms with Crippen LogP contribution in [0.1, 0.15) is 130 Å². The van der Waals surface area contributed by atoms with Crippen LogP contribution < -0.4 is 0 Å². The summed E-state index contributed by atoms with van der Waals surface area (Å²) in [7, 11) is 2.52. The van der Waals surface area contributed by atoms with Crippen molar-refractivity contribution in [3.8, 4) is 0 Å². The highest BCUT2D eigenvalue weighted by atomic mass is 15.3. The number of nitrogens with zero attached hydrogens (tertiary/aromatic N) is 1. The Balaban J connectivity index is 3.66. The Morgan fingerprint density at radius 1 is 0.360 bits per heavy atom. The summed E-state index contributed by atoms with van der Waals surface area (Å²) in [5.41, 5.74) is 0. The first-order valence-corrected chi connectivity index (χ1v) is 12.0. The molecule has 0 aromatic heterocycles. The van der Waals surface area contributed by atoms with Crippen LogP contribution in [0.15, 0.2) is 0 Å². The molecule has 0 aliphatic rings. The van der Waals surface area contributed by atoms with Crippen LogP contribution in [0.2, 0.25) is 0 Å². The van der Waals surface area contributed by atoms with E-state index in [1.54, 1.807) is 0 Å². The fraction of sp³-hybridized carbons (Fsp3) is 1.00. The monoisotopic (exact) mass is 354 g/mol. The second-order valence-corrected chi connectivity index (χ2v) is 8.74. The summed E-state index contributed by atoms with van der Waals surface area (Å²) in [6.07, 6.45) is 24.5. The molecule has 0 N–H and O–H groups in total. The van der Waals surface area contributed by atoms with Crippen molar-refractivity contribution in [2.24, 2.45) is 0 Å². The van der Waals surface area contributed by atoms with Gasteiger partial charge < -0.3 is 4.48 Å². The van der Waals surface area contributed by atoms with Gasteiger partial charge in [-0.1, -0.05) is 97.8 Å². The van der Waals surface area contributed by atoms with Crippen molar-refractivity contribution in [2.45, 2.75) is 130 Å². The van der Waals surface area contributed by atoms with Gasteiger partial charge in [-0.3, -0.25) is 0 Å². The minimum atomic E-state index is 1.34. The third kappa shape index (κ3) is 17.1. The molecule has 0 rings (SSSR count). The van der Waals surface area contributed by atoms with Gasteiger partial charge in [0, 0.05) is 0 Å². The highest BCUT2D eigenvalue weighted by Crippen LogP contribution is 2.15. The van der Waals surface area contributed by atoms with Crippen LogP contribution in [-0.4, -0.2) is 31.2 Å². The van der Waals surface area contributed by atoms with Gasteiger partial charge >= 0.3 is 0 Å². The molecule has 0 fully saturated rings. The van der Waals surface area contributed by atoms with E-state index in [9.17, 15) is 0 Å². The Kier molecular flexibility index (Phi) is 18.7. The highest BCUT2D eigenvalue weighted by Gasteiger charge is 2.19. The van der Waals surface area contributed by atoms with Gasteiger partial charge in [0.1, 0.15) is 0 Å². The van der Waals surface area contributed by atoms with E-state index in [2.05, 4.69) is 27.8 Å². The molecular weight excluding hydrogens is 302 g/mol. The van der Waals surface area contributed by atoms with E-state index in [1.807, 2.05) is 0 Å². The SMILES string of the molecule is CCCCCCCCCC[N+](C)(CCC)CCCCCCCCCC. The van der Waals surface area contributed by atoms with Crippen LogP contribution >= 0.6 is 0 Å².